The summed E-state index contributed by atoms with van der Waals surface area (Å²) in [5.41, 5.74) is 7.04. The van der Waals surface area contributed by atoms with Gasteiger partial charge in [-0.3, -0.25) is 0 Å². The van der Waals surface area contributed by atoms with E-state index in [2.05, 4.69) is 20.8 Å². The fraction of sp³-hybridized carbons (Fsp3) is 1.00. The summed E-state index contributed by atoms with van der Waals surface area (Å²) in [7, 11) is 0. The van der Waals surface area contributed by atoms with Crippen LogP contribution in [0.2, 0.25) is 0 Å². The van der Waals surface area contributed by atoms with Gasteiger partial charge in [0.2, 0.25) is 0 Å². The summed E-state index contributed by atoms with van der Waals surface area (Å²) in [6, 6.07) is 0. The zero-order valence-electron chi connectivity index (χ0n) is 18.6. The molecular weight excluding hydrogens is 338 g/mol. The smallest absolute Gasteiger partial charge is 0.0154 e. The molecule has 0 fully saturated rings. The van der Waals surface area contributed by atoms with E-state index in [1.807, 2.05) is 0 Å². The van der Waals surface area contributed by atoms with Gasteiger partial charge in [-0.15, -0.1) is 12.4 Å². The molecule has 160 valence electrons. The molecule has 2 N–H and O–H groups in total. The Hall–Kier alpha value is 0.250. The van der Waals surface area contributed by atoms with Crippen molar-refractivity contribution in [1.82, 2.24) is 0 Å². The summed E-state index contributed by atoms with van der Waals surface area (Å²) in [5.74, 6) is 0. The monoisotopic (exact) mass is 389 g/mol. The van der Waals surface area contributed by atoms with Crippen molar-refractivity contribution in [1.29, 1.82) is 0 Å². The Morgan fingerprint density at radius 1 is 0.423 bits per heavy atom. The van der Waals surface area contributed by atoms with Crippen molar-refractivity contribution in [3.63, 3.8) is 0 Å². The fourth-order valence-corrected chi connectivity index (χ4v) is 3.97. The highest BCUT2D eigenvalue weighted by Gasteiger charge is 2.23. The molecule has 0 heterocycles. The molecule has 0 bridgehead atoms. The normalized spacial score (nSPS) is 11.5. The van der Waals surface area contributed by atoms with Gasteiger partial charge < -0.3 is 5.73 Å². The van der Waals surface area contributed by atoms with Crippen LogP contribution in [-0.2, 0) is 0 Å². The maximum Gasteiger partial charge on any atom is 0.0154 e. The van der Waals surface area contributed by atoms with Crippen molar-refractivity contribution in [3.8, 4) is 0 Å². The Morgan fingerprint density at radius 2 is 0.654 bits per heavy atom. The van der Waals surface area contributed by atoms with Gasteiger partial charge in [0.25, 0.3) is 0 Å². The number of hydrogen-bond acceptors (Lipinski definition) is 1. The van der Waals surface area contributed by atoms with Gasteiger partial charge in [0, 0.05) is 5.54 Å². The number of hydrogen-bond donors (Lipinski definition) is 1. The second-order valence-corrected chi connectivity index (χ2v) is 8.56. The minimum absolute atomic E-state index is 0. The standard InChI is InChI=1S/C24H51N.ClH/c1-4-7-10-13-16-19-22-24(25,21-18-15-12-9-6-3)23-20-17-14-11-8-5-2;/h4-23,25H2,1-3H3;1H. The molecule has 0 aliphatic heterocycles. The maximum absolute atomic E-state index is 6.89. The van der Waals surface area contributed by atoms with Gasteiger partial charge in [-0.25, -0.2) is 0 Å². The third-order valence-corrected chi connectivity index (χ3v) is 5.83. The molecule has 0 saturated carbocycles. The molecule has 0 spiro atoms. The highest BCUT2D eigenvalue weighted by molar-refractivity contribution is 5.85. The Labute approximate surface area is 173 Å². The lowest BCUT2D eigenvalue weighted by atomic mass is 9.82. The molecule has 0 atom stereocenters. The van der Waals surface area contributed by atoms with Gasteiger partial charge in [0.05, 0.1) is 0 Å². The van der Waals surface area contributed by atoms with Crippen LogP contribution in [0.15, 0.2) is 0 Å². The third-order valence-electron chi connectivity index (χ3n) is 5.83. The predicted molar refractivity (Wildman–Crippen MR) is 124 cm³/mol. The molecule has 1 nitrogen and oxygen atoms in total. The van der Waals surface area contributed by atoms with E-state index in [1.165, 1.54) is 128 Å². The van der Waals surface area contributed by atoms with Crippen molar-refractivity contribution in [2.75, 3.05) is 0 Å². The van der Waals surface area contributed by atoms with E-state index in [4.69, 9.17) is 5.73 Å². The summed E-state index contributed by atoms with van der Waals surface area (Å²) in [5, 5.41) is 0. The molecule has 0 aromatic carbocycles. The van der Waals surface area contributed by atoms with Gasteiger partial charge in [-0.05, 0) is 19.3 Å². The molecule has 0 aromatic rings. The Morgan fingerprint density at radius 3 is 0.923 bits per heavy atom. The minimum Gasteiger partial charge on any atom is -0.325 e. The molecule has 0 unspecified atom stereocenters. The number of rotatable bonds is 20. The second-order valence-electron chi connectivity index (χ2n) is 8.56. The van der Waals surface area contributed by atoms with Crippen LogP contribution in [0.25, 0.3) is 0 Å². The molecule has 0 radical (unpaired) electrons. The van der Waals surface area contributed by atoms with E-state index in [-0.39, 0.29) is 17.9 Å². The van der Waals surface area contributed by atoms with Crippen LogP contribution >= 0.6 is 12.4 Å². The minimum atomic E-state index is 0. The van der Waals surface area contributed by atoms with Gasteiger partial charge >= 0.3 is 0 Å². The SMILES string of the molecule is CCCCCCCCC(N)(CCCCCCC)CCCCCCCC.Cl. The first-order valence-electron chi connectivity index (χ1n) is 12.0. The summed E-state index contributed by atoms with van der Waals surface area (Å²) in [6.45, 7) is 6.89. The number of nitrogens with two attached hydrogens (primary N) is 1. The van der Waals surface area contributed by atoms with Crippen LogP contribution in [-0.4, -0.2) is 5.54 Å². The van der Waals surface area contributed by atoms with Crippen molar-refractivity contribution in [2.24, 2.45) is 5.73 Å². The van der Waals surface area contributed by atoms with Gasteiger partial charge in [0.1, 0.15) is 0 Å². The van der Waals surface area contributed by atoms with Gasteiger partial charge in [0.15, 0.2) is 0 Å². The first-order valence-corrected chi connectivity index (χ1v) is 12.0. The first-order chi connectivity index (χ1) is 12.2. The lowest BCUT2D eigenvalue weighted by molar-refractivity contribution is 0.302. The molecule has 0 amide bonds. The molecule has 0 rings (SSSR count). The molecule has 26 heavy (non-hydrogen) atoms. The van der Waals surface area contributed by atoms with Crippen molar-refractivity contribution in [3.05, 3.63) is 0 Å². The average Bonchev–Trinajstić information content (AvgIpc) is 2.61. The van der Waals surface area contributed by atoms with E-state index >= 15 is 0 Å². The largest absolute Gasteiger partial charge is 0.325 e. The summed E-state index contributed by atoms with van der Waals surface area (Å²) in [6.07, 6.45) is 27.3. The van der Waals surface area contributed by atoms with Crippen LogP contribution in [0.1, 0.15) is 149 Å². The highest BCUT2D eigenvalue weighted by atomic mass is 35.5. The summed E-state index contributed by atoms with van der Waals surface area (Å²) in [4.78, 5) is 0. The molecule has 0 aliphatic rings. The quantitative estimate of drug-likeness (QED) is 0.206. The molecule has 0 saturated heterocycles. The van der Waals surface area contributed by atoms with Crippen molar-refractivity contribution >= 4 is 12.4 Å². The number of halogens is 1. The van der Waals surface area contributed by atoms with E-state index in [0.717, 1.165) is 0 Å². The lowest BCUT2D eigenvalue weighted by Crippen LogP contribution is -2.39. The van der Waals surface area contributed by atoms with Crippen LogP contribution in [0.3, 0.4) is 0 Å². The highest BCUT2D eigenvalue weighted by Crippen LogP contribution is 2.27. The lowest BCUT2D eigenvalue weighted by Gasteiger charge is -2.30. The van der Waals surface area contributed by atoms with Crippen LogP contribution in [0.5, 0.6) is 0 Å². The molecular formula is C24H52ClN. The third kappa shape index (κ3) is 19.0. The van der Waals surface area contributed by atoms with E-state index < -0.39 is 0 Å². The molecule has 0 aromatic heterocycles. The van der Waals surface area contributed by atoms with Crippen LogP contribution < -0.4 is 5.73 Å². The molecule has 0 aliphatic carbocycles. The first kappa shape index (κ1) is 28.5. The van der Waals surface area contributed by atoms with Gasteiger partial charge in [-0.1, -0.05) is 130 Å². The maximum atomic E-state index is 6.89. The second kappa shape index (κ2) is 21.5. The summed E-state index contributed by atoms with van der Waals surface area (Å²) >= 11 is 0. The van der Waals surface area contributed by atoms with Gasteiger partial charge in [-0.2, -0.15) is 0 Å². The van der Waals surface area contributed by atoms with E-state index in [1.54, 1.807) is 0 Å². The number of unbranched alkanes of at least 4 members (excludes halogenated alkanes) is 14. The zero-order chi connectivity index (χ0) is 18.6. The van der Waals surface area contributed by atoms with Crippen molar-refractivity contribution < 1.29 is 0 Å². The Kier molecular flexibility index (Phi) is 23.6. The molecule has 2 heteroatoms. The fourth-order valence-electron chi connectivity index (χ4n) is 3.97. The Balaban J connectivity index is 0. The zero-order valence-corrected chi connectivity index (χ0v) is 19.4. The summed E-state index contributed by atoms with van der Waals surface area (Å²) < 4.78 is 0. The van der Waals surface area contributed by atoms with E-state index in [0.29, 0.717) is 0 Å². The van der Waals surface area contributed by atoms with E-state index in [9.17, 15) is 0 Å². The van der Waals surface area contributed by atoms with Crippen LogP contribution in [0.4, 0.5) is 0 Å². The van der Waals surface area contributed by atoms with Crippen LogP contribution in [0, 0.1) is 0 Å². The average molecular weight is 390 g/mol. The topological polar surface area (TPSA) is 26.0 Å². The predicted octanol–water partition coefficient (Wildman–Crippen LogP) is 8.97. The van der Waals surface area contributed by atoms with Crippen molar-refractivity contribution in [2.45, 2.75) is 155 Å². The Bertz CT molecular complexity index is 239.